The standard InChI is InChI=1S/C11H13BrINO/c12-6-1-2-7-14-11(15)9-4-3-5-10(13)8-9/h3-5,8H,1-2,6-7H2,(H,14,15). The third-order valence-corrected chi connectivity index (χ3v) is 3.16. The van der Waals surface area contributed by atoms with Gasteiger partial charge in [0.05, 0.1) is 0 Å². The highest BCUT2D eigenvalue weighted by Gasteiger charge is 2.03. The molecule has 0 radical (unpaired) electrons. The molecule has 0 saturated heterocycles. The van der Waals surface area contributed by atoms with Gasteiger partial charge in [-0.15, -0.1) is 0 Å². The van der Waals surface area contributed by atoms with E-state index in [9.17, 15) is 4.79 Å². The van der Waals surface area contributed by atoms with Crippen LogP contribution in [0.4, 0.5) is 0 Å². The van der Waals surface area contributed by atoms with E-state index in [0.717, 1.165) is 33.9 Å². The first-order valence-electron chi connectivity index (χ1n) is 4.84. The van der Waals surface area contributed by atoms with Gasteiger partial charge < -0.3 is 5.32 Å². The van der Waals surface area contributed by atoms with E-state index in [-0.39, 0.29) is 5.91 Å². The summed E-state index contributed by atoms with van der Waals surface area (Å²) < 4.78 is 1.08. The lowest BCUT2D eigenvalue weighted by Crippen LogP contribution is -2.24. The first kappa shape index (κ1) is 13.0. The minimum atomic E-state index is 0.0167. The fraction of sp³-hybridized carbons (Fsp3) is 0.364. The van der Waals surface area contributed by atoms with E-state index in [4.69, 9.17) is 0 Å². The van der Waals surface area contributed by atoms with Crippen LogP contribution < -0.4 is 5.32 Å². The molecule has 1 N–H and O–H groups in total. The number of nitrogens with one attached hydrogen (secondary N) is 1. The zero-order chi connectivity index (χ0) is 11.1. The highest BCUT2D eigenvalue weighted by atomic mass is 127. The zero-order valence-corrected chi connectivity index (χ0v) is 12.0. The lowest BCUT2D eigenvalue weighted by atomic mass is 10.2. The Morgan fingerprint density at radius 3 is 2.87 bits per heavy atom. The second kappa shape index (κ2) is 7.22. The van der Waals surface area contributed by atoms with E-state index in [0.29, 0.717) is 0 Å². The van der Waals surface area contributed by atoms with E-state index in [1.807, 2.05) is 24.3 Å². The molecule has 1 aromatic carbocycles. The number of alkyl halides is 1. The monoisotopic (exact) mass is 381 g/mol. The summed E-state index contributed by atoms with van der Waals surface area (Å²) in [4.78, 5) is 11.6. The second-order valence-corrected chi connectivity index (χ2v) is 5.20. The van der Waals surface area contributed by atoms with Gasteiger partial charge in [-0.05, 0) is 53.6 Å². The lowest BCUT2D eigenvalue weighted by Gasteiger charge is -2.04. The summed E-state index contributed by atoms with van der Waals surface area (Å²) in [6, 6.07) is 7.60. The van der Waals surface area contributed by atoms with Crippen molar-refractivity contribution in [1.82, 2.24) is 5.32 Å². The first-order valence-corrected chi connectivity index (χ1v) is 7.04. The number of carbonyl (C=O) groups is 1. The van der Waals surface area contributed by atoms with E-state index in [1.54, 1.807) is 0 Å². The Balaban J connectivity index is 2.40. The molecule has 2 nitrogen and oxygen atoms in total. The van der Waals surface area contributed by atoms with Crippen LogP contribution in [-0.4, -0.2) is 17.8 Å². The Labute approximate surface area is 112 Å². The van der Waals surface area contributed by atoms with Crippen LogP contribution in [0.25, 0.3) is 0 Å². The van der Waals surface area contributed by atoms with Crippen LogP contribution >= 0.6 is 38.5 Å². The molecule has 4 heteroatoms. The second-order valence-electron chi connectivity index (χ2n) is 3.16. The minimum absolute atomic E-state index is 0.0167. The highest BCUT2D eigenvalue weighted by Crippen LogP contribution is 2.07. The summed E-state index contributed by atoms with van der Waals surface area (Å²) in [7, 11) is 0. The van der Waals surface area contributed by atoms with Crippen molar-refractivity contribution < 1.29 is 4.79 Å². The fourth-order valence-corrected chi connectivity index (χ4v) is 2.09. The number of hydrogen-bond acceptors (Lipinski definition) is 1. The number of unbranched alkanes of at least 4 members (excludes halogenated alkanes) is 1. The number of amides is 1. The van der Waals surface area contributed by atoms with E-state index >= 15 is 0 Å². The summed E-state index contributed by atoms with van der Waals surface area (Å²) in [5.41, 5.74) is 0.737. The molecule has 82 valence electrons. The van der Waals surface area contributed by atoms with Crippen molar-refractivity contribution in [3.63, 3.8) is 0 Å². The van der Waals surface area contributed by atoms with Crippen molar-refractivity contribution in [3.05, 3.63) is 33.4 Å². The maximum absolute atomic E-state index is 11.6. The van der Waals surface area contributed by atoms with Gasteiger partial charge in [-0.3, -0.25) is 4.79 Å². The SMILES string of the molecule is O=C(NCCCCBr)c1cccc(I)c1. The highest BCUT2D eigenvalue weighted by molar-refractivity contribution is 14.1. The van der Waals surface area contributed by atoms with Crippen molar-refractivity contribution in [3.8, 4) is 0 Å². The van der Waals surface area contributed by atoms with Gasteiger partial charge in [0.2, 0.25) is 0 Å². The Morgan fingerprint density at radius 1 is 1.40 bits per heavy atom. The predicted octanol–water partition coefficient (Wildman–Crippen LogP) is 3.20. The van der Waals surface area contributed by atoms with Gasteiger partial charge in [0.25, 0.3) is 5.91 Å². The molecule has 0 aliphatic rings. The van der Waals surface area contributed by atoms with Gasteiger partial charge in [-0.1, -0.05) is 22.0 Å². The van der Waals surface area contributed by atoms with Crippen LogP contribution in [0.3, 0.4) is 0 Å². The van der Waals surface area contributed by atoms with E-state index in [2.05, 4.69) is 43.8 Å². The maximum atomic E-state index is 11.6. The van der Waals surface area contributed by atoms with Crippen molar-refractivity contribution in [2.45, 2.75) is 12.8 Å². The summed E-state index contributed by atoms with van der Waals surface area (Å²) >= 11 is 5.56. The lowest BCUT2D eigenvalue weighted by molar-refractivity contribution is 0.0953. The minimum Gasteiger partial charge on any atom is -0.352 e. The molecule has 0 spiro atoms. The summed E-state index contributed by atoms with van der Waals surface area (Å²) in [5.74, 6) is 0.0167. The van der Waals surface area contributed by atoms with Gasteiger partial charge in [-0.25, -0.2) is 0 Å². The topological polar surface area (TPSA) is 29.1 Å². The molecular weight excluding hydrogens is 369 g/mol. The number of rotatable bonds is 5. The molecule has 0 fully saturated rings. The van der Waals surface area contributed by atoms with Crippen LogP contribution in [0.1, 0.15) is 23.2 Å². The maximum Gasteiger partial charge on any atom is 0.251 e. The summed E-state index contributed by atoms with van der Waals surface area (Å²) in [6.07, 6.45) is 2.10. The van der Waals surface area contributed by atoms with Crippen LogP contribution in [0.2, 0.25) is 0 Å². The predicted molar refractivity (Wildman–Crippen MR) is 74.5 cm³/mol. The molecule has 0 unspecified atom stereocenters. The van der Waals surface area contributed by atoms with Crippen molar-refractivity contribution in [2.24, 2.45) is 0 Å². The van der Waals surface area contributed by atoms with Gasteiger partial charge in [0.1, 0.15) is 0 Å². The van der Waals surface area contributed by atoms with Crippen LogP contribution in [-0.2, 0) is 0 Å². The average Bonchev–Trinajstić information content (AvgIpc) is 2.24. The quantitative estimate of drug-likeness (QED) is 0.473. The molecular formula is C11H13BrINO. The Bertz CT molecular complexity index is 330. The van der Waals surface area contributed by atoms with Gasteiger partial charge in [0, 0.05) is 21.0 Å². The molecule has 0 heterocycles. The van der Waals surface area contributed by atoms with Crippen molar-refractivity contribution >= 4 is 44.4 Å². The van der Waals surface area contributed by atoms with E-state index < -0.39 is 0 Å². The number of benzene rings is 1. The molecule has 1 aromatic rings. The molecule has 0 aromatic heterocycles. The molecule has 0 bridgehead atoms. The third-order valence-electron chi connectivity index (χ3n) is 1.93. The largest absolute Gasteiger partial charge is 0.352 e. The molecule has 0 aliphatic carbocycles. The Hall–Kier alpha value is -0.100. The fourth-order valence-electron chi connectivity index (χ4n) is 1.15. The van der Waals surface area contributed by atoms with E-state index in [1.165, 1.54) is 0 Å². The first-order chi connectivity index (χ1) is 7.24. The smallest absolute Gasteiger partial charge is 0.251 e. The third kappa shape index (κ3) is 4.97. The number of hydrogen-bond donors (Lipinski definition) is 1. The van der Waals surface area contributed by atoms with Crippen molar-refractivity contribution in [1.29, 1.82) is 0 Å². The number of carbonyl (C=O) groups excluding carboxylic acids is 1. The van der Waals surface area contributed by atoms with Gasteiger partial charge >= 0.3 is 0 Å². The zero-order valence-electron chi connectivity index (χ0n) is 8.30. The van der Waals surface area contributed by atoms with Crippen LogP contribution in [0.5, 0.6) is 0 Å². The Kier molecular flexibility index (Phi) is 6.24. The molecule has 0 atom stereocenters. The molecule has 15 heavy (non-hydrogen) atoms. The average molecular weight is 382 g/mol. The van der Waals surface area contributed by atoms with Gasteiger partial charge in [0.15, 0.2) is 0 Å². The summed E-state index contributed by atoms with van der Waals surface area (Å²) in [6.45, 7) is 0.746. The molecule has 1 amide bonds. The molecule has 0 aliphatic heterocycles. The van der Waals surface area contributed by atoms with Gasteiger partial charge in [-0.2, -0.15) is 0 Å². The molecule has 1 rings (SSSR count). The molecule has 0 saturated carbocycles. The normalized spacial score (nSPS) is 10.0. The Morgan fingerprint density at radius 2 is 2.20 bits per heavy atom. The van der Waals surface area contributed by atoms with Crippen molar-refractivity contribution in [2.75, 3.05) is 11.9 Å². The summed E-state index contributed by atoms with van der Waals surface area (Å²) in [5, 5.41) is 3.89. The van der Waals surface area contributed by atoms with Crippen LogP contribution in [0, 0.1) is 3.57 Å². The number of halogens is 2. The van der Waals surface area contributed by atoms with Crippen LogP contribution in [0.15, 0.2) is 24.3 Å².